The molecule has 0 saturated carbocycles. The first-order valence-corrected chi connectivity index (χ1v) is 18.3. The van der Waals surface area contributed by atoms with Crippen molar-refractivity contribution in [1.82, 2.24) is 19.1 Å². The van der Waals surface area contributed by atoms with E-state index in [9.17, 15) is 0 Å². The standard InChI is InChI=1S/C49H34N4/c1-49(2)39-25-12-9-23-37(39)46-44(49)45(50-48(51-46)31-16-5-3-6-17-31)32-18-15-21-34(30-32)53-40-26-13-10-22-35(40)36-28-29-42-43(47(36)53)38-24-11-14-27-41(38)52(42)33-19-7-4-8-20-33/h3-30H,1-2H3. The lowest BCUT2D eigenvalue weighted by atomic mass is 9.81. The van der Waals surface area contributed by atoms with Gasteiger partial charge in [0.05, 0.1) is 33.5 Å². The monoisotopic (exact) mass is 678 g/mol. The van der Waals surface area contributed by atoms with Crippen molar-refractivity contribution in [3.8, 4) is 45.3 Å². The van der Waals surface area contributed by atoms with Crippen LogP contribution in [0.5, 0.6) is 0 Å². The summed E-state index contributed by atoms with van der Waals surface area (Å²) in [6, 6.07) is 60.9. The second kappa shape index (κ2) is 11.1. The molecule has 0 amide bonds. The number of para-hydroxylation sites is 3. The Bertz CT molecular complexity index is 3080. The molecule has 0 fully saturated rings. The summed E-state index contributed by atoms with van der Waals surface area (Å²) < 4.78 is 4.87. The average molecular weight is 679 g/mol. The number of rotatable bonds is 4. The molecule has 11 rings (SSSR count). The highest BCUT2D eigenvalue weighted by molar-refractivity contribution is 6.26. The lowest BCUT2D eigenvalue weighted by Gasteiger charge is -2.24. The van der Waals surface area contributed by atoms with Crippen LogP contribution < -0.4 is 0 Å². The molecule has 1 aliphatic rings. The summed E-state index contributed by atoms with van der Waals surface area (Å²) in [5, 5.41) is 4.95. The summed E-state index contributed by atoms with van der Waals surface area (Å²) in [4.78, 5) is 10.7. The van der Waals surface area contributed by atoms with Crippen LogP contribution in [0.15, 0.2) is 170 Å². The number of hydrogen-bond donors (Lipinski definition) is 0. The van der Waals surface area contributed by atoms with Gasteiger partial charge in [-0.05, 0) is 48.0 Å². The summed E-state index contributed by atoms with van der Waals surface area (Å²) in [5.41, 5.74) is 14.5. The maximum absolute atomic E-state index is 5.41. The van der Waals surface area contributed by atoms with Gasteiger partial charge in [0.2, 0.25) is 0 Å². The van der Waals surface area contributed by atoms with Gasteiger partial charge in [0.15, 0.2) is 5.82 Å². The molecule has 0 spiro atoms. The zero-order chi connectivity index (χ0) is 35.3. The van der Waals surface area contributed by atoms with Gasteiger partial charge in [-0.2, -0.15) is 0 Å². The zero-order valence-corrected chi connectivity index (χ0v) is 29.5. The molecule has 53 heavy (non-hydrogen) atoms. The first-order valence-electron chi connectivity index (χ1n) is 18.3. The summed E-state index contributed by atoms with van der Waals surface area (Å²) in [6.07, 6.45) is 0. The molecule has 4 heteroatoms. The van der Waals surface area contributed by atoms with E-state index in [1.165, 1.54) is 60.3 Å². The van der Waals surface area contributed by atoms with Gasteiger partial charge >= 0.3 is 0 Å². The fraction of sp³-hybridized carbons (Fsp3) is 0.0612. The third-order valence-corrected chi connectivity index (χ3v) is 11.3. The smallest absolute Gasteiger partial charge is 0.160 e. The lowest BCUT2D eigenvalue weighted by molar-refractivity contribution is 0.658. The van der Waals surface area contributed by atoms with Gasteiger partial charge < -0.3 is 9.13 Å². The van der Waals surface area contributed by atoms with Crippen LogP contribution in [-0.2, 0) is 5.41 Å². The van der Waals surface area contributed by atoms with Gasteiger partial charge in [0.25, 0.3) is 0 Å². The number of aromatic nitrogens is 4. The van der Waals surface area contributed by atoms with Gasteiger partial charge in [0, 0.05) is 60.6 Å². The Morgan fingerprint density at radius 2 is 1.08 bits per heavy atom. The van der Waals surface area contributed by atoms with Crippen molar-refractivity contribution >= 4 is 43.6 Å². The number of fused-ring (bicyclic) bond motifs is 10. The highest BCUT2D eigenvalue weighted by Gasteiger charge is 2.40. The maximum atomic E-state index is 5.41. The van der Waals surface area contributed by atoms with Gasteiger partial charge in [0.1, 0.15) is 0 Å². The first kappa shape index (κ1) is 29.9. The Balaban J connectivity index is 1.22. The van der Waals surface area contributed by atoms with Crippen LogP contribution >= 0.6 is 0 Å². The SMILES string of the molecule is CC1(C)c2ccccc2-c2nc(-c3ccccc3)nc(-c3cccc(-n4c5ccccc5c5ccc6c(c7ccccc7n6-c6ccccc6)c54)c3)c21. The van der Waals surface area contributed by atoms with Gasteiger partial charge in [-0.1, -0.05) is 141 Å². The average Bonchev–Trinajstić information content (AvgIpc) is 3.82. The van der Waals surface area contributed by atoms with Crippen LogP contribution in [0.4, 0.5) is 0 Å². The minimum atomic E-state index is -0.273. The molecule has 0 atom stereocenters. The van der Waals surface area contributed by atoms with E-state index < -0.39 is 0 Å². The highest BCUT2D eigenvalue weighted by Crippen LogP contribution is 2.51. The molecule has 0 N–H and O–H groups in total. The van der Waals surface area contributed by atoms with Crippen molar-refractivity contribution in [3.63, 3.8) is 0 Å². The van der Waals surface area contributed by atoms with Crippen LogP contribution in [0.1, 0.15) is 25.0 Å². The van der Waals surface area contributed by atoms with Crippen LogP contribution in [0.2, 0.25) is 0 Å². The first-order chi connectivity index (χ1) is 26.1. The molecule has 0 unspecified atom stereocenters. The highest BCUT2D eigenvalue weighted by atomic mass is 15.0. The molecule has 1 aliphatic carbocycles. The molecule has 7 aromatic carbocycles. The Kier molecular flexibility index (Phi) is 6.27. The second-order valence-electron chi connectivity index (χ2n) is 14.6. The van der Waals surface area contributed by atoms with Gasteiger partial charge in [-0.3, -0.25) is 0 Å². The summed E-state index contributed by atoms with van der Waals surface area (Å²) in [7, 11) is 0. The van der Waals surface area contributed by atoms with E-state index in [0.29, 0.717) is 0 Å². The van der Waals surface area contributed by atoms with Gasteiger partial charge in [-0.15, -0.1) is 0 Å². The normalized spacial score (nSPS) is 13.2. The van der Waals surface area contributed by atoms with E-state index in [1.807, 2.05) is 6.07 Å². The summed E-state index contributed by atoms with van der Waals surface area (Å²) >= 11 is 0. The quantitative estimate of drug-likeness (QED) is 0.186. The predicted octanol–water partition coefficient (Wildman–Crippen LogP) is 12.3. The van der Waals surface area contributed by atoms with Crippen molar-refractivity contribution < 1.29 is 0 Å². The fourth-order valence-corrected chi connectivity index (χ4v) is 8.97. The van der Waals surface area contributed by atoms with E-state index >= 15 is 0 Å². The van der Waals surface area contributed by atoms with Crippen molar-refractivity contribution in [2.75, 3.05) is 0 Å². The topological polar surface area (TPSA) is 35.6 Å². The van der Waals surface area contributed by atoms with Crippen molar-refractivity contribution in [1.29, 1.82) is 0 Å². The molecule has 10 aromatic rings. The molecular formula is C49H34N4. The summed E-state index contributed by atoms with van der Waals surface area (Å²) in [6.45, 7) is 4.62. The number of hydrogen-bond acceptors (Lipinski definition) is 2. The molecule has 3 aromatic heterocycles. The third kappa shape index (κ3) is 4.24. The largest absolute Gasteiger partial charge is 0.309 e. The van der Waals surface area contributed by atoms with E-state index in [0.717, 1.165) is 39.7 Å². The third-order valence-electron chi connectivity index (χ3n) is 11.3. The molecule has 0 radical (unpaired) electrons. The van der Waals surface area contributed by atoms with Crippen LogP contribution in [-0.4, -0.2) is 19.1 Å². The molecule has 4 nitrogen and oxygen atoms in total. The second-order valence-corrected chi connectivity index (χ2v) is 14.6. The van der Waals surface area contributed by atoms with Crippen molar-refractivity contribution in [2.45, 2.75) is 19.3 Å². The predicted molar refractivity (Wildman–Crippen MR) is 219 cm³/mol. The summed E-state index contributed by atoms with van der Waals surface area (Å²) in [5.74, 6) is 0.740. The zero-order valence-electron chi connectivity index (χ0n) is 29.5. The maximum Gasteiger partial charge on any atom is 0.160 e. The molecular weight excluding hydrogens is 645 g/mol. The van der Waals surface area contributed by atoms with Crippen LogP contribution in [0, 0.1) is 0 Å². The Morgan fingerprint density at radius 3 is 1.89 bits per heavy atom. The molecule has 0 bridgehead atoms. The minimum Gasteiger partial charge on any atom is -0.309 e. The Morgan fingerprint density at radius 1 is 0.453 bits per heavy atom. The lowest BCUT2D eigenvalue weighted by Crippen LogP contribution is -2.17. The fourth-order valence-electron chi connectivity index (χ4n) is 8.97. The van der Waals surface area contributed by atoms with E-state index in [2.05, 4.69) is 187 Å². The van der Waals surface area contributed by atoms with E-state index in [1.54, 1.807) is 0 Å². The minimum absolute atomic E-state index is 0.273. The number of nitrogens with zero attached hydrogens (tertiary/aromatic N) is 4. The molecule has 0 aliphatic heterocycles. The van der Waals surface area contributed by atoms with Gasteiger partial charge in [-0.25, -0.2) is 9.97 Å². The Hall–Kier alpha value is -6.78. The molecule has 250 valence electrons. The van der Waals surface area contributed by atoms with Crippen LogP contribution in [0.25, 0.3) is 88.9 Å². The van der Waals surface area contributed by atoms with E-state index in [-0.39, 0.29) is 5.41 Å². The Labute approximate surface area is 307 Å². The van der Waals surface area contributed by atoms with Crippen molar-refractivity contribution in [3.05, 3.63) is 181 Å². The number of benzene rings is 7. The van der Waals surface area contributed by atoms with Crippen molar-refractivity contribution in [2.24, 2.45) is 0 Å². The molecule has 3 heterocycles. The van der Waals surface area contributed by atoms with E-state index in [4.69, 9.17) is 9.97 Å². The molecule has 0 saturated heterocycles. The van der Waals surface area contributed by atoms with Crippen LogP contribution in [0.3, 0.4) is 0 Å².